The van der Waals surface area contributed by atoms with Crippen molar-refractivity contribution in [3.05, 3.63) is 59.0 Å². The maximum atomic E-state index is 6.74. The van der Waals surface area contributed by atoms with Gasteiger partial charge in [0.2, 0.25) is 5.95 Å². The first-order valence-corrected chi connectivity index (χ1v) is 12.0. The van der Waals surface area contributed by atoms with Crippen molar-refractivity contribution in [1.29, 1.82) is 0 Å². The molecule has 168 valence electrons. The van der Waals surface area contributed by atoms with Crippen molar-refractivity contribution < 1.29 is 0 Å². The van der Waals surface area contributed by atoms with Crippen molar-refractivity contribution in [3.8, 4) is 11.3 Å². The second-order valence-corrected chi connectivity index (χ2v) is 10.0. The van der Waals surface area contributed by atoms with Gasteiger partial charge in [-0.25, -0.2) is 9.97 Å². The average molecular weight is 451 g/mol. The van der Waals surface area contributed by atoms with Crippen molar-refractivity contribution in [2.45, 2.75) is 62.9 Å². The van der Waals surface area contributed by atoms with E-state index in [9.17, 15) is 0 Å². The van der Waals surface area contributed by atoms with Crippen LogP contribution in [-0.2, 0) is 19.9 Å². The topological polar surface area (TPSA) is 81.7 Å². The van der Waals surface area contributed by atoms with Crippen LogP contribution in [0.25, 0.3) is 11.3 Å². The highest BCUT2D eigenvalue weighted by Gasteiger charge is 2.32. The first-order valence-electron chi connectivity index (χ1n) is 11.6. The first-order chi connectivity index (χ1) is 15.5. The number of nitrogens with zero attached hydrogens (tertiary/aromatic N) is 4. The van der Waals surface area contributed by atoms with Crippen LogP contribution in [0.3, 0.4) is 0 Å². The van der Waals surface area contributed by atoms with Gasteiger partial charge in [-0.3, -0.25) is 4.68 Å². The van der Waals surface area contributed by atoms with Gasteiger partial charge >= 0.3 is 0 Å². The zero-order valence-corrected chi connectivity index (χ0v) is 19.4. The lowest BCUT2D eigenvalue weighted by Gasteiger charge is -2.37. The van der Waals surface area contributed by atoms with Gasteiger partial charge < -0.3 is 11.1 Å². The molecule has 1 aromatic carbocycles. The molecule has 2 aliphatic rings. The number of aryl methyl sites for hydroxylation is 1. The van der Waals surface area contributed by atoms with E-state index in [1.165, 1.54) is 24.1 Å². The number of nitrogens with two attached hydrogens (primary N) is 1. The molecule has 0 bridgehead atoms. The van der Waals surface area contributed by atoms with Gasteiger partial charge in [-0.05, 0) is 62.8 Å². The number of anilines is 1. The summed E-state index contributed by atoms with van der Waals surface area (Å²) in [4.78, 5) is 9.26. The van der Waals surface area contributed by atoms with Gasteiger partial charge in [0.1, 0.15) is 0 Å². The van der Waals surface area contributed by atoms with E-state index < -0.39 is 0 Å². The molecule has 2 fully saturated rings. The van der Waals surface area contributed by atoms with Crippen molar-refractivity contribution in [3.63, 3.8) is 0 Å². The molecule has 5 rings (SSSR count). The monoisotopic (exact) mass is 450 g/mol. The second kappa shape index (κ2) is 8.83. The number of benzene rings is 1. The molecular weight excluding hydrogens is 420 g/mol. The summed E-state index contributed by atoms with van der Waals surface area (Å²) >= 11 is 6.51. The van der Waals surface area contributed by atoms with Gasteiger partial charge in [0.15, 0.2) is 0 Å². The molecule has 3 aromatic rings. The molecule has 2 saturated carbocycles. The molecule has 0 atom stereocenters. The van der Waals surface area contributed by atoms with E-state index in [2.05, 4.69) is 39.7 Å². The van der Waals surface area contributed by atoms with Crippen LogP contribution < -0.4 is 11.1 Å². The summed E-state index contributed by atoms with van der Waals surface area (Å²) < 4.78 is 1.95. The highest BCUT2D eigenvalue weighted by Crippen LogP contribution is 2.37. The smallest absolute Gasteiger partial charge is 0.223 e. The Morgan fingerprint density at radius 3 is 2.59 bits per heavy atom. The van der Waals surface area contributed by atoms with Crippen LogP contribution in [0, 0.1) is 5.92 Å². The van der Waals surface area contributed by atoms with Gasteiger partial charge in [0.25, 0.3) is 0 Å². The van der Waals surface area contributed by atoms with E-state index in [4.69, 9.17) is 22.3 Å². The number of aromatic nitrogens is 4. The number of rotatable bonds is 7. The van der Waals surface area contributed by atoms with Crippen LogP contribution in [0.1, 0.15) is 49.8 Å². The maximum Gasteiger partial charge on any atom is 0.223 e. The number of halogens is 1. The Kier molecular flexibility index (Phi) is 5.91. The van der Waals surface area contributed by atoms with Gasteiger partial charge in [0, 0.05) is 29.9 Å². The summed E-state index contributed by atoms with van der Waals surface area (Å²) in [5.74, 6) is 1.39. The molecule has 32 heavy (non-hydrogen) atoms. The summed E-state index contributed by atoms with van der Waals surface area (Å²) in [5, 5.41) is 8.57. The number of nitrogens with one attached hydrogen (secondary N) is 1. The quantitative estimate of drug-likeness (QED) is 0.541. The van der Waals surface area contributed by atoms with E-state index in [1.54, 1.807) is 6.20 Å². The van der Waals surface area contributed by atoms with E-state index in [1.807, 2.05) is 24.0 Å². The molecule has 2 aromatic heterocycles. The first kappa shape index (κ1) is 21.4. The summed E-state index contributed by atoms with van der Waals surface area (Å²) in [6.07, 6.45) is 12.1. The fraction of sp³-hybridized carbons (Fsp3) is 0.480. The largest absolute Gasteiger partial charge is 0.351 e. The molecule has 3 N–H and O–H groups in total. The number of hydrogen-bond donors (Lipinski definition) is 2. The predicted octanol–water partition coefficient (Wildman–Crippen LogP) is 4.78. The molecule has 0 saturated heterocycles. The molecule has 2 heterocycles. The lowest BCUT2D eigenvalue weighted by Crippen LogP contribution is -2.47. The van der Waals surface area contributed by atoms with Crippen LogP contribution in [0.5, 0.6) is 0 Å². The van der Waals surface area contributed by atoms with Gasteiger partial charge in [-0.1, -0.05) is 41.9 Å². The lowest BCUT2D eigenvalue weighted by atomic mass is 9.76. The Balaban J connectivity index is 1.26. The van der Waals surface area contributed by atoms with E-state index in [0.29, 0.717) is 17.0 Å². The average Bonchev–Trinajstić information content (AvgIpc) is 3.54. The Labute approximate surface area is 194 Å². The van der Waals surface area contributed by atoms with Crippen LogP contribution in [-0.4, -0.2) is 31.3 Å². The molecule has 0 spiro atoms. The molecule has 6 nitrogen and oxygen atoms in total. The molecule has 0 amide bonds. The van der Waals surface area contributed by atoms with Gasteiger partial charge in [0.05, 0.1) is 23.1 Å². The standard InChI is InChI=1S/C25H31ClN6/c1-32-22(13-17-7-8-17)20(15-29-32)23-21(26)16-28-24(31-23)30-19-9-11-25(27,12-10-19)14-18-5-3-2-4-6-18/h2-6,15-17,19H,7-14,27H2,1H3,(H,28,30,31). The molecule has 0 radical (unpaired) electrons. The lowest BCUT2D eigenvalue weighted by molar-refractivity contribution is 0.279. The molecule has 0 aliphatic heterocycles. The second-order valence-electron chi connectivity index (χ2n) is 9.61. The Morgan fingerprint density at radius 1 is 1.12 bits per heavy atom. The van der Waals surface area contributed by atoms with Crippen molar-refractivity contribution in [2.24, 2.45) is 18.7 Å². The zero-order valence-electron chi connectivity index (χ0n) is 18.6. The van der Waals surface area contributed by atoms with Crippen LogP contribution in [0.15, 0.2) is 42.7 Å². The fourth-order valence-electron chi connectivity index (χ4n) is 4.82. The number of hydrogen-bond acceptors (Lipinski definition) is 5. The third-order valence-electron chi connectivity index (χ3n) is 6.95. The summed E-state index contributed by atoms with van der Waals surface area (Å²) in [6, 6.07) is 10.9. The summed E-state index contributed by atoms with van der Waals surface area (Å²) in [5.41, 5.74) is 10.9. The third-order valence-corrected chi connectivity index (χ3v) is 7.23. The SMILES string of the molecule is Cn1ncc(-c2nc(NC3CCC(N)(Cc4ccccc4)CC3)ncc2Cl)c1CC1CC1. The minimum absolute atomic E-state index is 0.140. The zero-order chi connectivity index (χ0) is 22.1. The Hall–Kier alpha value is -2.44. The summed E-state index contributed by atoms with van der Waals surface area (Å²) in [6.45, 7) is 0. The van der Waals surface area contributed by atoms with Crippen molar-refractivity contribution in [1.82, 2.24) is 19.7 Å². The molecule has 7 heteroatoms. The Bertz CT molecular complexity index is 1070. The highest BCUT2D eigenvalue weighted by molar-refractivity contribution is 6.32. The highest BCUT2D eigenvalue weighted by atomic mass is 35.5. The van der Waals surface area contributed by atoms with Gasteiger partial charge in [-0.15, -0.1) is 0 Å². The summed E-state index contributed by atoms with van der Waals surface area (Å²) in [7, 11) is 1.99. The molecule has 2 aliphatic carbocycles. The van der Waals surface area contributed by atoms with Crippen LogP contribution in [0.2, 0.25) is 5.02 Å². The van der Waals surface area contributed by atoms with Crippen LogP contribution >= 0.6 is 11.6 Å². The normalized spacial score (nSPS) is 23.3. The molecular formula is C25H31ClN6. The third kappa shape index (κ3) is 4.81. The fourth-order valence-corrected chi connectivity index (χ4v) is 5.02. The van der Waals surface area contributed by atoms with Crippen LogP contribution in [0.4, 0.5) is 5.95 Å². The van der Waals surface area contributed by atoms with E-state index in [0.717, 1.165) is 55.7 Å². The van der Waals surface area contributed by atoms with Gasteiger partial charge in [-0.2, -0.15) is 5.10 Å². The predicted molar refractivity (Wildman–Crippen MR) is 129 cm³/mol. The maximum absolute atomic E-state index is 6.74. The minimum atomic E-state index is -0.140. The van der Waals surface area contributed by atoms with Crippen molar-refractivity contribution in [2.75, 3.05) is 5.32 Å². The Morgan fingerprint density at radius 2 is 1.88 bits per heavy atom. The van der Waals surface area contributed by atoms with E-state index >= 15 is 0 Å². The molecule has 0 unspecified atom stereocenters. The minimum Gasteiger partial charge on any atom is -0.351 e. The van der Waals surface area contributed by atoms with Crippen molar-refractivity contribution >= 4 is 17.5 Å². The van der Waals surface area contributed by atoms with E-state index in [-0.39, 0.29) is 5.54 Å².